The molecule has 0 spiro atoms. The van der Waals surface area contributed by atoms with Crippen molar-refractivity contribution in [3.63, 3.8) is 0 Å². The van der Waals surface area contributed by atoms with Gasteiger partial charge in [-0.05, 0) is 55.5 Å². The van der Waals surface area contributed by atoms with Gasteiger partial charge < -0.3 is 15.5 Å². The third-order valence-corrected chi connectivity index (χ3v) is 5.55. The van der Waals surface area contributed by atoms with E-state index in [2.05, 4.69) is 29.4 Å². The van der Waals surface area contributed by atoms with Crippen molar-refractivity contribution in [2.24, 2.45) is 5.92 Å². The van der Waals surface area contributed by atoms with Crippen LogP contribution in [0.15, 0.2) is 42.5 Å². The topological polar surface area (TPSA) is 61.4 Å². The summed E-state index contributed by atoms with van der Waals surface area (Å²) in [4.78, 5) is 26.9. The van der Waals surface area contributed by atoms with Gasteiger partial charge in [0.15, 0.2) is 0 Å². The van der Waals surface area contributed by atoms with Gasteiger partial charge in [-0.3, -0.25) is 9.59 Å². The van der Waals surface area contributed by atoms with Crippen LogP contribution in [0, 0.1) is 5.92 Å². The zero-order chi connectivity index (χ0) is 19.9. The number of benzene rings is 2. The van der Waals surface area contributed by atoms with Gasteiger partial charge in [0.05, 0.1) is 13.0 Å². The first kappa shape index (κ1) is 20.3. The highest BCUT2D eigenvalue weighted by molar-refractivity contribution is 5.91. The van der Waals surface area contributed by atoms with Crippen LogP contribution < -0.4 is 10.6 Å². The number of hydrogen-bond acceptors (Lipinski definition) is 3. The molecule has 2 aromatic carbocycles. The maximum Gasteiger partial charge on any atom is 0.239 e. The SMILES string of the molecule is CC(C)N1CCCC(CNC(=O)CNC(=O)Cc2cccc3ccccc23)C1. The number of hydrogen-bond donors (Lipinski definition) is 2. The molecule has 0 aliphatic carbocycles. The molecule has 2 aromatic rings. The lowest BCUT2D eigenvalue weighted by molar-refractivity contribution is -0.125. The summed E-state index contributed by atoms with van der Waals surface area (Å²) < 4.78 is 0. The summed E-state index contributed by atoms with van der Waals surface area (Å²) in [6, 6.07) is 14.5. The summed E-state index contributed by atoms with van der Waals surface area (Å²) in [5.41, 5.74) is 0.979. The van der Waals surface area contributed by atoms with Gasteiger partial charge in [0, 0.05) is 19.1 Å². The molecule has 5 nitrogen and oxygen atoms in total. The third kappa shape index (κ3) is 5.55. The van der Waals surface area contributed by atoms with Crippen LogP contribution >= 0.6 is 0 Å². The van der Waals surface area contributed by atoms with Crippen molar-refractivity contribution in [2.75, 3.05) is 26.2 Å². The molecule has 0 bridgehead atoms. The molecular weight excluding hydrogens is 350 g/mol. The van der Waals surface area contributed by atoms with Gasteiger partial charge in [0.2, 0.25) is 11.8 Å². The normalized spacial score (nSPS) is 17.6. The molecule has 1 atom stereocenters. The van der Waals surface area contributed by atoms with E-state index in [4.69, 9.17) is 0 Å². The molecule has 3 rings (SSSR count). The van der Waals surface area contributed by atoms with E-state index in [-0.39, 0.29) is 24.8 Å². The lowest BCUT2D eigenvalue weighted by Crippen LogP contribution is -2.45. The monoisotopic (exact) mass is 381 g/mol. The van der Waals surface area contributed by atoms with E-state index in [1.54, 1.807) is 0 Å². The van der Waals surface area contributed by atoms with Crippen LogP contribution in [-0.4, -0.2) is 48.9 Å². The Morgan fingerprint density at radius 2 is 1.86 bits per heavy atom. The molecule has 2 N–H and O–H groups in total. The van der Waals surface area contributed by atoms with Crippen LogP contribution in [0.3, 0.4) is 0 Å². The van der Waals surface area contributed by atoms with Crippen LogP contribution in [-0.2, 0) is 16.0 Å². The first-order valence-corrected chi connectivity index (χ1v) is 10.3. The predicted octanol–water partition coefficient (Wildman–Crippen LogP) is 2.74. The fraction of sp³-hybridized carbons (Fsp3) is 0.478. The summed E-state index contributed by atoms with van der Waals surface area (Å²) in [6.07, 6.45) is 2.61. The molecule has 1 aliphatic heterocycles. The zero-order valence-electron chi connectivity index (χ0n) is 16.9. The van der Waals surface area contributed by atoms with Gasteiger partial charge >= 0.3 is 0 Å². The number of rotatable bonds is 7. The van der Waals surface area contributed by atoms with Crippen LogP contribution in [0.2, 0.25) is 0 Å². The molecule has 1 heterocycles. The second kappa shape index (κ2) is 9.69. The van der Waals surface area contributed by atoms with Crippen molar-refractivity contribution in [3.8, 4) is 0 Å². The molecular formula is C23H31N3O2. The van der Waals surface area contributed by atoms with Gasteiger partial charge in [-0.1, -0.05) is 42.5 Å². The molecule has 28 heavy (non-hydrogen) atoms. The fourth-order valence-electron chi connectivity index (χ4n) is 3.91. The minimum atomic E-state index is -0.129. The molecule has 0 aromatic heterocycles. The average Bonchev–Trinajstić information content (AvgIpc) is 2.71. The second-order valence-electron chi connectivity index (χ2n) is 7.99. The van der Waals surface area contributed by atoms with E-state index >= 15 is 0 Å². The average molecular weight is 382 g/mol. The van der Waals surface area contributed by atoms with E-state index in [9.17, 15) is 9.59 Å². The van der Waals surface area contributed by atoms with Crippen molar-refractivity contribution in [2.45, 2.75) is 39.2 Å². The Bertz CT molecular complexity index is 813. The number of piperidine rings is 1. The fourth-order valence-corrected chi connectivity index (χ4v) is 3.91. The van der Waals surface area contributed by atoms with Crippen molar-refractivity contribution in [3.05, 3.63) is 48.0 Å². The summed E-state index contributed by atoms with van der Waals surface area (Å²) in [5, 5.41) is 7.93. The lowest BCUT2D eigenvalue weighted by atomic mass is 9.97. The summed E-state index contributed by atoms with van der Waals surface area (Å²) in [7, 11) is 0. The van der Waals surface area contributed by atoms with Gasteiger partial charge in [-0.2, -0.15) is 0 Å². The molecule has 1 unspecified atom stereocenters. The first-order chi connectivity index (χ1) is 13.5. The Morgan fingerprint density at radius 3 is 2.68 bits per heavy atom. The Kier molecular flexibility index (Phi) is 7.04. The molecule has 5 heteroatoms. The first-order valence-electron chi connectivity index (χ1n) is 10.3. The van der Waals surface area contributed by atoms with Crippen molar-refractivity contribution < 1.29 is 9.59 Å². The minimum Gasteiger partial charge on any atom is -0.354 e. The maximum atomic E-state index is 12.3. The molecule has 1 fully saturated rings. The quantitative estimate of drug-likeness (QED) is 0.775. The smallest absolute Gasteiger partial charge is 0.239 e. The van der Waals surface area contributed by atoms with Gasteiger partial charge in [0.1, 0.15) is 0 Å². The molecule has 150 valence electrons. The number of carbonyl (C=O) groups is 2. The van der Waals surface area contributed by atoms with Gasteiger partial charge in [-0.25, -0.2) is 0 Å². The lowest BCUT2D eigenvalue weighted by Gasteiger charge is -2.35. The number of carbonyl (C=O) groups excluding carboxylic acids is 2. The standard InChI is InChI=1S/C23H31N3O2/c1-17(2)26-12-6-7-18(16-26)14-24-23(28)15-25-22(27)13-20-10-5-9-19-8-3-4-11-21(19)20/h3-5,8-11,17-18H,6-7,12-16H2,1-2H3,(H,24,28)(H,25,27). The van der Waals surface area contributed by atoms with Crippen LogP contribution in [0.4, 0.5) is 0 Å². The molecule has 0 radical (unpaired) electrons. The summed E-state index contributed by atoms with van der Waals surface area (Å²) >= 11 is 0. The van der Waals surface area contributed by atoms with E-state index in [1.165, 1.54) is 6.42 Å². The van der Waals surface area contributed by atoms with Crippen molar-refractivity contribution in [1.29, 1.82) is 0 Å². The number of fused-ring (bicyclic) bond motifs is 1. The number of amides is 2. The molecule has 1 saturated heterocycles. The van der Waals surface area contributed by atoms with Crippen molar-refractivity contribution >= 4 is 22.6 Å². The Labute approximate surface area is 167 Å². The van der Waals surface area contributed by atoms with E-state index in [0.717, 1.165) is 35.8 Å². The Balaban J connectivity index is 1.42. The highest BCUT2D eigenvalue weighted by Crippen LogP contribution is 2.19. The van der Waals surface area contributed by atoms with Gasteiger partial charge in [-0.15, -0.1) is 0 Å². The Hall–Kier alpha value is -2.40. The largest absolute Gasteiger partial charge is 0.354 e. The number of nitrogens with zero attached hydrogens (tertiary/aromatic N) is 1. The maximum absolute atomic E-state index is 12.3. The Morgan fingerprint density at radius 1 is 1.07 bits per heavy atom. The van der Waals surface area contributed by atoms with Crippen LogP contribution in [0.1, 0.15) is 32.3 Å². The van der Waals surface area contributed by atoms with Crippen molar-refractivity contribution in [1.82, 2.24) is 15.5 Å². The molecule has 1 aliphatic rings. The van der Waals surface area contributed by atoms with Crippen LogP contribution in [0.5, 0.6) is 0 Å². The third-order valence-electron chi connectivity index (χ3n) is 5.55. The summed E-state index contributed by atoms with van der Waals surface area (Å²) in [5.74, 6) is 0.245. The second-order valence-corrected chi connectivity index (χ2v) is 7.99. The van der Waals surface area contributed by atoms with E-state index in [0.29, 0.717) is 18.5 Å². The summed E-state index contributed by atoms with van der Waals surface area (Å²) in [6.45, 7) is 7.32. The molecule has 0 saturated carbocycles. The number of likely N-dealkylation sites (tertiary alicyclic amines) is 1. The number of nitrogens with one attached hydrogen (secondary N) is 2. The minimum absolute atomic E-state index is 0.0320. The molecule has 2 amide bonds. The van der Waals surface area contributed by atoms with Crippen LogP contribution in [0.25, 0.3) is 10.8 Å². The van der Waals surface area contributed by atoms with E-state index in [1.807, 2.05) is 42.5 Å². The van der Waals surface area contributed by atoms with E-state index < -0.39 is 0 Å². The predicted molar refractivity (Wildman–Crippen MR) is 113 cm³/mol. The van der Waals surface area contributed by atoms with Gasteiger partial charge in [0.25, 0.3) is 0 Å². The highest BCUT2D eigenvalue weighted by atomic mass is 16.2. The highest BCUT2D eigenvalue weighted by Gasteiger charge is 2.22. The zero-order valence-corrected chi connectivity index (χ0v) is 16.9.